The van der Waals surface area contributed by atoms with Gasteiger partial charge in [0, 0.05) is 12.3 Å². The first kappa shape index (κ1) is 18.6. The summed E-state index contributed by atoms with van der Waals surface area (Å²) >= 11 is 0. The molecule has 0 atom stereocenters. The Morgan fingerprint density at radius 3 is 2.09 bits per heavy atom. The zero-order valence-electron chi connectivity index (χ0n) is 15.7. The third-order valence-corrected chi connectivity index (χ3v) is 6.08. The van der Waals surface area contributed by atoms with Crippen molar-refractivity contribution in [2.24, 2.45) is 23.7 Å². The van der Waals surface area contributed by atoms with Crippen LogP contribution in [0.2, 0.25) is 0 Å². The van der Waals surface area contributed by atoms with Crippen molar-refractivity contribution in [2.45, 2.75) is 97.3 Å². The molecule has 0 saturated heterocycles. The lowest BCUT2D eigenvalue weighted by atomic mass is 9.69. The molecule has 0 unspecified atom stereocenters. The molecule has 2 saturated carbocycles. The fourth-order valence-electron chi connectivity index (χ4n) is 4.48. The van der Waals surface area contributed by atoms with Gasteiger partial charge in [-0.05, 0) is 82.0 Å². The first-order chi connectivity index (χ1) is 11.3. The third kappa shape index (κ3) is 6.74. The van der Waals surface area contributed by atoms with Gasteiger partial charge in [0.15, 0.2) is 0 Å². The van der Waals surface area contributed by atoms with Gasteiger partial charge in [0.2, 0.25) is 0 Å². The Bertz CT molecular complexity index is 378. The number of hydrogen-bond donors (Lipinski definition) is 0. The molecule has 0 N–H and O–H groups in total. The minimum Gasteiger partial charge on any atom is -0.103 e. The van der Waals surface area contributed by atoms with Crippen molar-refractivity contribution in [3.63, 3.8) is 0 Å². The van der Waals surface area contributed by atoms with Gasteiger partial charge in [-0.3, -0.25) is 0 Å². The van der Waals surface area contributed by atoms with Gasteiger partial charge < -0.3 is 0 Å². The van der Waals surface area contributed by atoms with E-state index in [1.807, 2.05) is 0 Å². The third-order valence-electron chi connectivity index (χ3n) is 6.08. The second kappa shape index (κ2) is 11.0. The molecular weight excluding hydrogens is 276 g/mol. The summed E-state index contributed by atoms with van der Waals surface area (Å²) in [4.78, 5) is 0. The zero-order chi connectivity index (χ0) is 16.3. The van der Waals surface area contributed by atoms with Crippen molar-refractivity contribution in [3.8, 4) is 11.8 Å². The molecule has 2 rings (SSSR count). The Balaban J connectivity index is 1.65. The maximum absolute atomic E-state index is 3.56. The van der Waals surface area contributed by atoms with Gasteiger partial charge in [-0.2, -0.15) is 0 Å². The average Bonchev–Trinajstić information content (AvgIpc) is 2.60. The maximum Gasteiger partial charge on any atom is 0.0203 e. The van der Waals surface area contributed by atoms with E-state index in [1.165, 1.54) is 77.0 Å². The predicted molar refractivity (Wildman–Crippen MR) is 102 cm³/mol. The van der Waals surface area contributed by atoms with Crippen LogP contribution >= 0.6 is 0 Å². The molecule has 0 heteroatoms. The molecule has 0 aromatic carbocycles. The van der Waals surface area contributed by atoms with Crippen molar-refractivity contribution < 1.29 is 0 Å². The SMILES string of the molecule is CCC/C=C/C1CCC([C@H]2CC[C@H](C#CCCCC)CC2)CC1. The Morgan fingerprint density at radius 2 is 1.48 bits per heavy atom. The standard InChI is InChI=1S/C23H38/c1-3-5-7-9-11-21-14-18-23(19-15-21)22-16-12-20(13-17-22)10-8-6-4-2/h8,10,20-23H,3-7,12-19H2,1-2H3/b10-8+/t20?,21-,22?,23-. The smallest absolute Gasteiger partial charge is 0.0203 e. The van der Waals surface area contributed by atoms with Crippen molar-refractivity contribution in [1.82, 2.24) is 0 Å². The number of unbranched alkanes of at least 4 members (excludes halogenated alkanes) is 3. The summed E-state index contributed by atoms with van der Waals surface area (Å²) in [5.74, 6) is 10.6. The molecule has 23 heavy (non-hydrogen) atoms. The van der Waals surface area contributed by atoms with Crippen LogP contribution in [-0.2, 0) is 0 Å². The summed E-state index contributed by atoms with van der Waals surface area (Å²) in [5, 5.41) is 0. The Kier molecular flexibility index (Phi) is 8.88. The van der Waals surface area contributed by atoms with Crippen LogP contribution in [-0.4, -0.2) is 0 Å². The van der Waals surface area contributed by atoms with Gasteiger partial charge >= 0.3 is 0 Å². The summed E-state index contributed by atoms with van der Waals surface area (Å²) in [7, 11) is 0. The fraction of sp³-hybridized carbons (Fsp3) is 0.826. The van der Waals surface area contributed by atoms with Gasteiger partial charge in [-0.1, -0.05) is 44.8 Å². The van der Waals surface area contributed by atoms with Gasteiger partial charge in [-0.25, -0.2) is 0 Å². The molecule has 2 aliphatic rings. The van der Waals surface area contributed by atoms with Crippen LogP contribution in [0.15, 0.2) is 12.2 Å². The van der Waals surface area contributed by atoms with E-state index >= 15 is 0 Å². The predicted octanol–water partition coefficient (Wildman–Crippen LogP) is 7.15. The van der Waals surface area contributed by atoms with Crippen molar-refractivity contribution in [2.75, 3.05) is 0 Å². The lowest BCUT2D eigenvalue weighted by Crippen LogP contribution is -2.25. The van der Waals surface area contributed by atoms with E-state index in [1.54, 1.807) is 0 Å². The Labute approximate surface area is 145 Å². The molecule has 0 radical (unpaired) electrons. The van der Waals surface area contributed by atoms with Gasteiger partial charge in [0.05, 0.1) is 0 Å². The van der Waals surface area contributed by atoms with Crippen LogP contribution < -0.4 is 0 Å². The molecule has 2 fully saturated rings. The van der Waals surface area contributed by atoms with E-state index in [4.69, 9.17) is 0 Å². The molecule has 0 aromatic heterocycles. The molecule has 0 spiro atoms. The zero-order valence-corrected chi connectivity index (χ0v) is 15.7. The van der Waals surface area contributed by atoms with Crippen LogP contribution in [0.4, 0.5) is 0 Å². The minimum absolute atomic E-state index is 0.719. The summed E-state index contributed by atoms with van der Waals surface area (Å²) in [6.07, 6.45) is 22.7. The van der Waals surface area contributed by atoms with E-state index in [0.717, 1.165) is 30.1 Å². The summed E-state index contributed by atoms with van der Waals surface area (Å²) in [5.41, 5.74) is 0. The fourth-order valence-corrected chi connectivity index (χ4v) is 4.48. The normalized spacial score (nSPS) is 31.7. The number of hydrogen-bond acceptors (Lipinski definition) is 0. The van der Waals surface area contributed by atoms with Crippen molar-refractivity contribution in [3.05, 3.63) is 12.2 Å². The molecule has 2 aliphatic carbocycles. The van der Waals surface area contributed by atoms with E-state index in [2.05, 4.69) is 37.8 Å². The topological polar surface area (TPSA) is 0 Å². The van der Waals surface area contributed by atoms with Crippen LogP contribution in [0.25, 0.3) is 0 Å². The molecule has 0 aromatic rings. The highest BCUT2D eigenvalue weighted by atomic mass is 14.3. The van der Waals surface area contributed by atoms with E-state index < -0.39 is 0 Å². The van der Waals surface area contributed by atoms with Gasteiger partial charge in [0.1, 0.15) is 0 Å². The van der Waals surface area contributed by atoms with Crippen molar-refractivity contribution >= 4 is 0 Å². The summed E-state index contributed by atoms with van der Waals surface area (Å²) in [6, 6.07) is 0. The molecule has 0 heterocycles. The van der Waals surface area contributed by atoms with Crippen LogP contribution in [0, 0.1) is 35.5 Å². The molecule has 0 aliphatic heterocycles. The highest BCUT2D eigenvalue weighted by molar-refractivity contribution is 5.05. The monoisotopic (exact) mass is 314 g/mol. The largest absolute Gasteiger partial charge is 0.103 e. The van der Waals surface area contributed by atoms with E-state index in [9.17, 15) is 0 Å². The van der Waals surface area contributed by atoms with E-state index in [0.29, 0.717) is 0 Å². The summed E-state index contributed by atoms with van der Waals surface area (Å²) in [6.45, 7) is 4.52. The Hall–Kier alpha value is -0.700. The maximum atomic E-state index is 3.56. The molecule has 0 amide bonds. The van der Waals surface area contributed by atoms with E-state index in [-0.39, 0.29) is 0 Å². The lowest BCUT2D eigenvalue weighted by Gasteiger charge is -2.36. The number of allylic oxidation sites excluding steroid dienone is 2. The molecule has 130 valence electrons. The van der Waals surface area contributed by atoms with Gasteiger partial charge in [0.25, 0.3) is 0 Å². The Morgan fingerprint density at radius 1 is 0.826 bits per heavy atom. The molecule has 0 bridgehead atoms. The minimum atomic E-state index is 0.719. The number of rotatable bonds is 6. The quantitative estimate of drug-likeness (QED) is 0.277. The molecule has 0 nitrogen and oxygen atoms in total. The van der Waals surface area contributed by atoms with Crippen LogP contribution in [0.3, 0.4) is 0 Å². The van der Waals surface area contributed by atoms with Crippen LogP contribution in [0.1, 0.15) is 97.3 Å². The lowest BCUT2D eigenvalue weighted by molar-refractivity contribution is 0.168. The molecular formula is C23H38. The second-order valence-corrected chi connectivity index (χ2v) is 7.93. The van der Waals surface area contributed by atoms with Crippen LogP contribution in [0.5, 0.6) is 0 Å². The first-order valence-corrected chi connectivity index (χ1v) is 10.5. The highest BCUT2D eigenvalue weighted by Crippen LogP contribution is 2.41. The first-order valence-electron chi connectivity index (χ1n) is 10.5. The van der Waals surface area contributed by atoms with Gasteiger partial charge in [-0.15, -0.1) is 5.92 Å². The van der Waals surface area contributed by atoms with Crippen molar-refractivity contribution in [1.29, 1.82) is 0 Å². The second-order valence-electron chi connectivity index (χ2n) is 7.93. The summed E-state index contributed by atoms with van der Waals surface area (Å²) < 4.78 is 0. The average molecular weight is 315 g/mol. The highest BCUT2D eigenvalue weighted by Gasteiger charge is 2.29.